The normalized spacial score (nSPS) is 21.0. The molecular formula is C13H17BrFN. The van der Waals surface area contributed by atoms with Gasteiger partial charge in [-0.1, -0.05) is 28.4 Å². The standard InChI is InChI=1S/C13H17BrFN/c14-13-9-11(15)6-4-10(13)5-7-12-3-1-2-8-16-12/h4,6,9,12,16H,1-3,5,7-8H2. The molecule has 1 unspecified atom stereocenters. The molecule has 1 N–H and O–H groups in total. The Morgan fingerprint density at radius 2 is 2.25 bits per heavy atom. The van der Waals surface area contributed by atoms with Crippen LogP contribution in [0.1, 0.15) is 31.2 Å². The van der Waals surface area contributed by atoms with Gasteiger partial charge in [-0.3, -0.25) is 0 Å². The van der Waals surface area contributed by atoms with Gasteiger partial charge in [-0.2, -0.15) is 0 Å². The van der Waals surface area contributed by atoms with Crippen molar-refractivity contribution in [2.45, 2.75) is 38.1 Å². The van der Waals surface area contributed by atoms with Crippen molar-refractivity contribution in [3.8, 4) is 0 Å². The van der Waals surface area contributed by atoms with Crippen molar-refractivity contribution in [2.24, 2.45) is 0 Å². The molecule has 1 aromatic carbocycles. The fraction of sp³-hybridized carbons (Fsp3) is 0.538. The summed E-state index contributed by atoms with van der Waals surface area (Å²) in [6.07, 6.45) is 6.07. The fourth-order valence-electron chi connectivity index (χ4n) is 2.22. The summed E-state index contributed by atoms with van der Waals surface area (Å²) in [6, 6.07) is 5.60. The highest BCUT2D eigenvalue weighted by molar-refractivity contribution is 9.10. The lowest BCUT2D eigenvalue weighted by Gasteiger charge is -2.23. The highest BCUT2D eigenvalue weighted by Crippen LogP contribution is 2.21. The van der Waals surface area contributed by atoms with Crippen LogP contribution in [-0.2, 0) is 6.42 Å². The zero-order valence-corrected chi connectivity index (χ0v) is 10.9. The van der Waals surface area contributed by atoms with Gasteiger partial charge in [0.15, 0.2) is 0 Å². The van der Waals surface area contributed by atoms with Gasteiger partial charge in [-0.15, -0.1) is 0 Å². The van der Waals surface area contributed by atoms with E-state index in [4.69, 9.17) is 0 Å². The average Bonchev–Trinajstić information content (AvgIpc) is 2.29. The van der Waals surface area contributed by atoms with Gasteiger partial charge < -0.3 is 5.32 Å². The number of benzene rings is 1. The Morgan fingerprint density at radius 3 is 2.94 bits per heavy atom. The molecule has 3 heteroatoms. The lowest BCUT2D eigenvalue weighted by molar-refractivity contribution is 0.382. The Hall–Kier alpha value is -0.410. The molecule has 88 valence electrons. The van der Waals surface area contributed by atoms with Crippen molar-refractivity contribution >= 4 is 15.9 Å². The minimum atomic E-state index is -0.175. The summed E-state index contributed by atoms with van der Waals surface area (Å²) >= 11 is 3.41. The van der Waals surface area contributed by atoms with Gasteiger partial charge in [0.25, 0.3) is 0 Å². The molecule has 0 amide bonds. The van der Waals surface area contributed by atoms with Crippen LogP contribution in [0, 0.1) is 5.82 Å². The largest absolute Gasteiger partial charge is 0.314 e. The second kappa shape index (κ2) is 5.78. The predicted octanol–water partition coefficient (Wildman–Crippen LogP) is 3.66. The van der Waals surface area contributed by atoms with Gasteiger partial charge in [-0.25, -0.2) is 4.39 Å². The van der Waals surface area contributed by atoms with Crippen molar-refractivity contribution in [3.63, 3.8) is 0 Å². The molecule has 1 saturated heterocycles. The van der Waals surface area contributed by atoms with E-state index in [0.717, 1.165) is 23.9 Å². The van der Waals surface area contributed by atoms with Crippen LogP contribution in [0.5, 0.6) is 0 Å². The smallest absolute Gasteiger partial charge is 0.124 e. The molecule has 0 aromatic heterocycles. The molecule has 0 aliphatic carbocycles. The van der Waals surface area contributed by atoms with Crippen molar-refractivity contribution < 1.29 is 4.39 Å². The number of hydrogen-bond donors (Lipinski definition) is 1. The van der Waals surface area contributed by atoms with Gasteiger partial charge in [0.1, 0.15) is 5.82 Å². The van der Waals surface area contributed by atoms with Gasteiger partial charge in [-0.05, 0) is 49.9 Å². The van der Waals surface area contributed by atoms with Crippen LogP contribution in [-0.4, -0.2) is 12.6 Å². The zero-order valence-electron chi connectivity index (χ0n) is 9.31. The number of aryl methyl sites for hydroxylation is 1. The van der Waals surface area contributed by atoms with Crippen LogP contribution in [0.3, 0.4) is 0 Å². The third-order valence-electron chi connectivity index (χ3n) is 3.19. The first-order chi connectivity index (χ1) is 7.75. The van der Waals surface area contributed by atoms with Crippen LogP contribution < -0.4 is 5.32 Å². The molecule has 1 fully saturated rings. The van der Waals surface area contributed by atoms with E-state index in [-0.39, 0.29) is 5.82 Å². The molecule has 1 nitrogen and oxygen atoms in total. The van der Waals surface area contributed by atoms with Crippen molar-refractivity contribution in [1.29, 1.82) is 0 Å². The summed E-state index contributed by atoms with van der Waals surface area (Å²) in [4.78, 5) is 0. The van der Waals surface area contributed by atoms with E-state index in [1.807, 2.05) is 6.07 Å². The Morgan fingerprint density at radius 1 is 1.38 bits per heavy atom. The molecule has 1 atom stereocenters. The maximum atomic E-state index is 12.9. The number of rotatable bonds is 3. The Kier molecular flexibility index (Phi) is 4.36. The average molecular weight is 286 g/mol. The third-order valence-corrected chi connectivity index (χ3v) is 3.93. The Bertz CT molecular complexity index is 348. The molecule has 0 saturated carbocycles. The second-order valence-electron chi connectivity index (χ2n) is 4.42. The van der Waals surface area contributed by atoms with E-state index in [1.54, 1.807) is 6.07 Å². The second-order valence-corrected chi connectivity index (χ2v) is 5.28. The predicted molar refractivity (Wildman–Crippen MR) is 68.1 cm³/mol. The molecule has 0 bridgehead atoms. The summed E-state index contributed by atoms with van der Waals surface area (Å²) in [6.45, 7) is 1.15. The van der Waals surface area contributed by atoms with Crippen molar-refractivity contribution in [3.05, 3.63) is 34.1 Å². The van der Waals surface area contributed by atoms with E-state index in [0.29, 0.717) is 6.04 Å². The highest BCUT2D eigenvalue weighted by Gasteiger charge is 2.12. The lowest BCUT2D eigenvalue weighted by atomic mass is 9.98. The highest BCUT2D eigenvalue weighted by atomic mass is 79.9. The summed E-state index contributed by atoms with van der Waals surface area (Å²) in [7, 11) is 0. The van der Waals surface area contributed by atoms with Crippen molar-refractivity contribution in [2.75, 3.05) is 6.54 Å². The number of hydrogen-bond acceptors (Lipinski definition) is 1. The van der Waals surface area contributed by atoms with Crippen LogP contribution in [0.2, 0.25) is 0 Å². The first kappa shape index (κ1) is 12.1. The third kappa shape index (κ3) is 3.29. The summed E-state index contributed by atoms with van der Waals surface area (Å²) in [5.41, 5.74) is 1.20. The molecule has 1 heterocycles. The molecular weight excluding hydrogens is 269 g/mol. The number of piperidine rings is 1. The van der Waals surface area contributed by atoms with Crippen LogP contribution in [0.15, 0.2) is 22.7 Å². The molecule has 2 rings (SSSR count). The van der Waals surface area contributed by atoms with Crippen LogP contribution in [0.4, 0.5) is 4.39 Å². The summed E-state index contributed by atoms with van der Waals surface area (Å²) in [5, 5.41) is 3.53. The molecule has 1 aliphatic heterocycles. The number of nitrogens with one attached hydrogen (secondary N) is 1. The van der Waals surface area contributed by atoms with E-state index in [9.17, 15) is 4.39 Å². The molecule has 16 heavy (non-hydrogen) atoms. The summed E-state index contributed by atoms with van der Waals surface area (Å²) < 4.78 is 13.8. The van der Waals surface area contributed by atoms with E-state index in [1.165, 1.54) is 30.9 Å². The summed E-state index contributed by atoms with van der Waals surface area (Å²) in [5.74, 6) is -0.175. The molecule has 0 spiro atoms. The number of halogens is 2. The van der Waals surface area contributed by atoms with Crippen LogP contribution >= 0.6 is 15.9 Å². The minimum Gasteiger partial charge on any atom is -0.314 e. The van der Waals surface area contributed by atoms with Gasteiger partial charge >= 0.3 is 0 Å². The Balaban J connectivity index is 1.88. The SMILES string of the molecule is Fc1ccc(CCC2CCCCN2)c(Br)c1. The molecule has 1 aliphatic rings. The van der Waals surface area contributed by atoms with Crippen LogP contribution in [0.25, 0.3) is 0 Å². The van der Waals surface area contributed by atoms with Crippen molar-refractivity contribution in [1.82, 2.24) is 5.32 Å². The van der Waals surface area contributed by atoms with E-state index < -0.39 is 0 Å². The van der Waals surface area contributed by atoms with Gasteiger partial charge in [0.2, 0.25) is 0 Å². The quantitative estimate of drug-likeness (QED) is 0.894. The van der Waals surface area contributed by atoms with Gasteiger partial charge in [0, 0.05) is 10.5 Å². The van der Waals surface area contributed by atoms with E-state index >= 15 is 0 Å². The minimum absolute atomic E-state index is 0.175. The topological polar surface area (TPSA) is 12.0 Å². The maximum Gasteiger partial charge on any atom is 0.124 e. The van der Waals surface area contributed by atoms with E-state index in [2.05, 4.69) is 21.2 Å². The molecule has 0 radical (unpaired) electrons. The van der Waals surface area contributed by atoms with Gasteiger partial charge in [0.05, 0.1) is 0 Å². The lowest BCUT2D eigenvalue weighted by Crippen LogP contribution is -2.34. The maximum absolute atomic E-state index is 12.9. The Labute approximate surface area is 105 Å². The monoisotopic (exact) mass is 285 g/mol. The molecule has 1 aromatic rings. The first-order valence-electron chi connectivity index (χ1n) is 5.93. The fourth-order valence-corrected chi connectivity index (χ4v) is 2.77. The zero-order chi connectivity index (χ0) is 11.4. The first-order valence-corrected chi connectivity index (χ1v) is 6.72.